The smallest absolute Gasteiger partial charge is 0.333 e. The quantitative estimate of drug-likeness (QED) is 0.0383. The number of aliphatic hydroxyl groups excluding tert-OH is 9. The number of rotatable bonds is 24. The normalized spacial score (nSPS) is 27.5. The lowest BCUT2D eigenvalue weighted by Crippen LogP contribution is -2.60. The van der Waals surface area contributed by atoms with Crippen LogP contribution in [0.5, 0.6) is 0 Å². The van der Waals surface area contributed by atoms with Gasteiger partial charge in [0.1, 0.15) is 55.9 Å². The van der Waals surface area contributed by atoms with Gasteiger partial charge in [0, 0.05) is 30.3 Å². The van der Waals surface area contributed by atoms with E-state index in [-0.39, 0.29) is 24.0 Å². The fraction of sp³-hybridized carbons (Fsp3) is 0.810. The Balaban J connectivity index is 3.20. The molecule has 0 aromatic heterocycles. The van der Waals surface area contributed by atoms with Crippen LogP contribution >= 0.6 is 0 Å². The Kier molecular flexibility index (Phi) is 23.5. The van der Waals surface area contributed by atoms with E-state index in [0.29, 0.717) is 23.0 Å². The predicted octanol–water partition coefficient (Wildman–Crippen LogP) is 1.93. The highest BCUT2D eigenvalue weighted by molar-refractivity contribution is 5.87. The van der Waals surface area contributed by atoms with E-state index in [2.05, 4.69) is 20.8 Å². The third-order valence-corrected chi connectivity index (χ3v) is 10.9. The average molecular weight is 819 g/mol. The molecule has 0 aromatic carbocycles. The molecule has 15 heteroatoms. The Morgan fingerprint density at radius 2 is 1.25 bits per heavy atom. The van der Waals surface area contributed by atoms with Crippen LogP contribution in [0.4, 0.5) is 0 Å². The molecule has 1 heterocycles. The fourth-order valence-corrected chi connectivity index (χ4v) is 7.35. The minimum atomic E-state index is -1.71. The lowest BCUT2D eigenvalue weighted by atomic mass is 9.82. The summed E-state index contributed by atoms with van der Waals surface area (Å²) in [7, 11) is 0. The highest BCUT2D eigenvalue weighted by Crippen LogP contribution is 2.33. The Labute approximate surface area is 339 Å². The SMILES string of the molecule is CC[C@H](C)C[C@H](C)C[C@H](C)[C@@H](O[C@@H]1O[C@H](COC(C)=O)[C@@H](O)[C@H](O)[C@@H]1O)[C@@H](C)/C=C(\C)[C@@H](O)[C@@H](C)/C=C(\C)[C@@H](O)[C@@H](C)/C=C(\C)C(=O)OC[C@H](O)[C@H](O)[C@@H](O)CO. The Hall–Kier alpha value is -2.28. The zero-order valence-corrected chi connectivity index (χ0v) is 35.8. The van der Waals surface area contributed by atoms with Gasteiger partial charge in [-0.3, -0.25) is 4.79 Å². The van der Waals surface area contributed by atoms with Crippen molar-refractivity contribution in [3.8, 4) is 0 Å². The van der Waals surface area contributed by atoms with Crippen molar-refractivity contribution in [3.63, 3.8) is 0 Å². The first kappa shape index (κ1) is 52.7. The van der Waals surface area contributed by atoms with E-state index in [4.69, 9.17) is 24.1 Å². The molecule has 0 radical (unpaired) electrons. The van der Waals surface area contributed by atoms with E-state index in [9.17, 15) is 50.4 Å². The zero-order valence-electron chi connectivity index (χ0n) is 35.8. The maximum Gasteiger partial charge on any atom is 0.333 e. The summed E-state index contributed by atoms with van der Waals surface area (Å²) in [6.07, 6.45) is -6.74. The van der Waals surface area contributed by atoms with Crippen molar-refractivity contribution in [3.05, 3.63) is 34.9 Å². The van der Waals surface area contributed by atoms with Crippen molar-refractivity contribution in [2.24, 2.45) is 35.5 Å². The van der Waals surface area contributed by atoms with Crippen LogP contribution < -0.4 is 0 Å². The molecule has 1 fully saturated rings. The van der Waals surface area contributed by atoms with Crippen LogP contribution in [0.1, 0.15) is 95.4 Å². The van der Waals surface area contributed by atoms with E-state index in [1.807, 2.05) is 19.9 Å². The molecule has 15 nitrogen and oxygen atoms in total. The first-order chi connectivity index (χ1) is 26.5. The summed E-state index contributed by atoms with van der Waals surface area (Å²) in [6, 6.07) is 0. The Bertz CT molecular complexity index is 1300. The first-order valence-corrected chi connectivity index (χ1v) is 20.2. The van der Waals surface area contributed by atoms with Crippen LogP contribution in [-0.4, -0.2) is 145 Å². The second-order valence-electron chi connectivity index (χ2n) is 16.5. The summed E-state index contributed by atoms with van der Waals surface area (Å²) in [5, 5.41) is 92.7. The maximum absolute atomic E-state index is 12.5. The van der Waals surface area contributed by atoms with Gasteiger partial charge in [-0.15, -0.1) is 0 Å². The molecule has 57 heavy (non-hydrogen) atoms. The van der Waals surface area contributed by atoms with E-state index < -0.39 is 104 Å². The molecule has 332 valence electrons. The summed E-state index contributed by atoms with van der Waals surface area (Å²) in [6.45, 7) is 18.4. The Morgan fingerprint density at radius 3 is 1.77 bits per heavy atom. The minimum absolute atomic E-state index is 0.0761. The molecule has 1 rings (SSSR count). The fourth-order valence-electron chi connectivity index (χ4n) is 7.35. The van der Waals surface area contributed by atoms with E-state index in [0.717, 1.165) is 19.3 Å². The van der Waals surface area contributed by atoms with Crippen LogP contribution in [0, 0.1) is 35.5 Å². The molecule has 1 aliphatic rings. The number of carbonyl (C=O) groups excluding carboxylic acids is 2. The van der Waals surface area contributed by atoms with Gasteiger partial charge in [0.05, 0.1) is 24.9 Å². The summed E-state index contributed by atoms with van der Waals surface area (Å²) < 4.78 is 22.4. The first-order valence-electron chi connectivity index (χ1n) is 20.2. The van der Waals surface area contributed by atoms with Gasteiger partial charge in [0.2, 0.25) is 0 Å². The number of hydrogen-bond donors (Lipinski definition) is 9. The average Bonchev–Trinajstić information content (AvgIpc) is 3.15. The molecule has 17 atom stereocenters. The molecule has 0 bridgehead atoms. The maximum atomic E-state index is 12.5. The molecule has 1 saturated heterocycles. The standard InChI is InChI=1S/C42H74O15/c1-12-21(2)13-22(3)14-27(8)40(57-42-39(52)38(51)37(50)33(56-42)20-54-30(11)44)28(9)16-25(6)34(47)23(4)15-24(5)35(48)26(7)17-29(10)41(53)55-19-32(46)36(49)31(45)18-43/h15-17,21-23,26-28,31-40,42-43,45-52H,12-14,18-20H2,1-11H3/b24-15+,25-16+,29-17+/t21-,22-,23-,26-,27-,28-,31-,32-,33+,34-,35+,36+,37+,38-,39-,40+,42-/m0/s1. The second kappa shape index (κ2) is 25.4. The molecule has 0 aromatic rings. The topological polar surface area (TPSA) is 253 Å². The van der Waals surface area contributed by atoms with Gasteiger partial charge in [0.25, 0.3) is 0 Å². The van der Waals surface area contributed by atoms with Crippen LogP contribution in [-0.2, 0) is 28.5 Å². The number of esters is 2. The molecule has 0 amide bonds. The monoisotopic (exact) mass is 819 g/mol. The van der Waals surface area contributed by atoms with Gasteiger partial charge in [-0.2, -0.15) is 0 Å². The molecule has 0 unspecified atom stereocenters. The van der Waals surface area contributed by atoms with Gasteiger partial charge < -0.3 is 64.9 Å². The molecule has 0 aliphatic carbocycles. The summed E-state index contributed by atoms with van der Waals surface area (Å²) in [5.74, 6) is -1.96. The molecule has 1 aliphatic heterocycles. The number of aliphatic hydroxyl groups is 9. The third-order valence-electron chi connectivity index (χ3n) is 10.9. The number of hydrogen-bond acceptors (Lipinski definition) is 15. The number of carbonyl (C=O) groups is 2. The molecule has 0 saturated carbocycles. The highest BCUT2D eigenvalue weighted by Gasteiger charge is 2.46. The van der Waals surface area contributed by atoms with Crippen LogP contribution in [0.3, 0.4) is 0 Å². The lowest BCUT2D eigenvalue weighted by Gasteiger charge is -2.43. The van der Waals surface area contributed by atoms with Crippen molar-refractivity contribution in [1.29, 1.82) is 0 Å². The summed E-state index contributed by atoms with van der Waals surface area (Å²) in [4.78, 5) is 23.9. The second-order valence-corrected chi connectivity index (χ2v) is 16.5. The summed E-state index contributed by atoms with van der Waals surface area (Å²) in [5.41, 5.74) is 1.30. The van der Waals surface area contributed by atoms with Gasteiger partial charge in [-0.25, -0.2) is 4.79 Å². The van der Waals surface area contributed by atoms with Gasteiger partial charge in [-0.1, -0.05) is 73.1 Å². The Morgan fingerprint density at radius 1 is 0.702 bits per heavy atom. The van der Waals surface area contributed by atoms with Crippen LogP contribution in [0.15, 0.2) is 34.9 Å². The van der Waals surface area contributed by atoms with E-state index >= 15 is 0 Å². The lowest BCUT2D eigenvalue weighted by molar-refractivity contribution is -0.317. The number of ether oxygens (including phenoxy) is 4. The molecular formula is C42H74O15. The van der Waals surface area contributed by atoms with Crippen LogP contribution in [0.25, 0.3) is 0 Å². The molecular weight excluding hydrogens is 744 g/mol. The van der Waals surface area contributed by atoms with Gasteiger partial charge in [-0.05, 0) is 62.5 Å². The predicted molar refractivity (Wildman–Crippen MR) is 212 cm³/mol. The molecule has 0 spiro atoms. The van der Waals surface area contributed by atoms with Gasteiger partial charge in [0.15, 0.2) is 6.29 Å². The van der Waals surface area contributed by atoms with Crippen molar-refractivity contribution in [2.45, 2.75) is 163 Å². The summed E-state index contributed by atoms with van der Waals surface area (Å²) >= 11 is 0. The van der Waals surface area contributed by atoms with Crippen LogP contribution in [0.2, 0.25) is 0 Å². The van der Waals surface area contributed by atoms with Crippen molar-refractivity contribution in [1.82, 2.24) is 0 Å². The highest BCUT2D eigenvalue weighted by atomic mass is 16.7. The third kappa shape index (κ3) is 17.1. The largest absolute Gasteiger partial charge is 0.463 e. The van der Waals surface area contributed by atoms with E-state index in [1.165, 1.54) is 19.9 Å². The zero-order chi connectivity index (χ0) is 43.9. The minimum Gasteiger partial charge on any atom is -0.463 e. The van der Waals surface area contributed by atoms with Crippen molar-refractivity contribution < 1.29 is 74.5 Å². The molecule has 9 N–H and O–H groups in total. The van der Waals surface area contributed by atoms with Crippen molar-refractivity contribution >= 4 is 11.9 Å². The van der Waals surface area contributed by atoms with Crippen molar-refractivity contribution in [2.75, 3.05) is 19.8 Å². The van der Waals surface area contributed by atoms with Gasteiger partial charge >= 0.3 is 11.9 Å². The van der Waals surface area contributed by atoms with E-state index in [1.54, 1.807) is 33.8 Å².